The number of furan rings is 1. The van der Waals surface area contributed by atoms with Gasteiger partial charge in [-0.25, -0.2) is 0 Å². The van der Waals surface area contributed by atoms with Crippen LogP contribution in [0.3, 0.4) is 0 Å². The third kappa shape index (κ3) is 3.43. The van der Waals surface area contributed by atoms with Crippen molar-refractivity contribution in [1.82, 2.24) is 5.32 Å². The van der Waals surface area contributed by atoms with E-state index in [1.807, 2.05) is 6.07 Å². The molecule has 110 valence electrons. The van der Waals surface area contributed by atoms with Crippen molar-refractivity contribution >= 4 is 11.0 Å². The SMILES string of the molecule is CCCCc1oc2ccccc2c1CNC(C)C(C)C. The quantitative estimate of drug-likeness (QED) is 0.775. The highest BCUT2D eigenvalue weighted by molar-refractivity contribution is 5.82. The maximum atomic E-state index is 6.05. The molecule has 0 aliphatic rings. The zero-order valence-electron chi connectivity index (χ0n) is 13.2. The molecule has 2 aromatic rings. The van der Waals surface area contributed by atoms with E-state index in [4.69, 9.17) is 4.42 Å². The smallest absolute Gasteiger partial charge is 0.134 e. The molecule has 1 heterocycles. The van der Waals surface area contributed by atoms with Crippen LogP contribution in [0.1, 0.15) is 51.9 Å². The molecule has 1 atom stereocenters. The molecular formula is C18H27NO. The lowest BCUT2D eigenvalue weighted by Crippen LogP contribution is -2.30. The first-order chi connectivity index (χ1) is 9.63. The minimum Gasteiger partial charge on any atom is -0.461 e. The normalized spacial score (nSPS) is 13.2. The van der Waals surface area contributed by atoms with Crippen LogP contribution < -0.4 is 5.32 Å². The first kappa shape index (κ1) is 15.1. The van der Waals surface area contributed by atoms with Gasteiger partial charge in [-0.3, -0.25) is 0 Å². The van der Waals surface area contributed by atoms with Gasteiger partial charge in [0.05, 0.1) is 0 Å². The Balaban J connectivity index is 2.23. The minimum atomic E-state index is 0.516. The van der Waals surface area contributed by atoms with E-state index in [1.54, 1.807) is 0 Å². The summed E-state index contributed by atoms with van der Waals surface area (Å²) in [5.74, 6) is 1.81. The van der Waals surface area contributed by atoms with Crippen molar-refractivity contribution < 1.29 is 4.42 Å². The van der Waals surface area contributed by atoms with E-state index < -0.39 is 0 Å². The average Bonchev–Trinajstić information content (AvgIpc) is 2.80. The van der Waals surface area contributed by atoms with Crippen LogP contribution in [0.4, 0.5) is 0 Å². The molecule has 1 aromatic carbocycles. The molecule has 0 saturated carbocycles. The van der Waals surface area contributed by atoms with E-state index in [0.29, 0.717) is 12.0 Å². The van der Waals surface area contributed by atoms with Gasteiger partial charge in [-0.05, 0) is 25.3 Å². The van der Waals surface area contributed by atoms with Gasteiger partial charge in [0.25, 0.3) is 0 Å². The standard InChI is InChI=1S/C18H27NO/c1-5-6-10-18-16(12-19-14(4)13(2)3)15-9-7-8-11-17(15)20-18/h7-9,11,13-14,19H,5-6,10,12H2,1-4H3. The second-order valence-corrected chi connectivity index (χ2v) is 6.02. The Morgan fingerprint density at radius 1 is 1.15 bits per heavy atom. The minimum absolute atomic E-state index is 0.516. The first-order valence-electron chi connectivity index (χ1n) is 7.86. The van der Waals surface area contributed by atoms with Crippen molar-refractivity contribution in [1.29, 1.82) is 0 Å². The predicted octanol–water partition coefficient (Wildman–Crippen LogP) is 4.91. The van der Waals surface area contributed by atoms with Crippen molar-refractivity contribution in [3.8, 4) is 0 Å². The summed E-state index contributed by atoms with van der Waals surface area (Å²) in [6, 6.07) is 8.90. The Morgan fingerprint density at radius 2 is 1.90 bits per heavy atom. The molecule has 1 aromatic heterocycles. The molecule has 20 heavy (non-hydrogen) atoms. The number of aryl methyl sites for hydroxylation is 1. The summed E-state index contributed by atoms with van der Waals surface area (Å²) in [5.41, 5.74) is 2.37. The second-order valence-electron chi connectivity index (χ2n) is 6.02. The molecule has 0 saturated heterocycles. The van der Waals surface area contributed by atoms with Gasteiger partial charge in [0.15, 0.2) is 0 Å². The molecule has 0 aliphatic carbocycles. The summed E-state index contributed by atoms with van der Waals surface area (Å²) in [6.07, 6.45) is 3.43. The Labute approximate surface area is 122 Å². The molecule has 2 rings (SSSR count). The molecule has 1 unspecified atom stereocenters. The van der Waals surface area contributed by atoms with Crippen LogP contribution in [-0.2, 0) is 13.0 Å². The lowest BCUT2D eigenvalue weighted by molar-refractivity contribution is 0.422. The van der Waals surface area contributed by atoms with Crippen LogP contribution in [0, 0.1) is 5.92 Å². The molecule has 0 radical (unpaired) electrons. The monoisotopic (exact) mass is 273 g/mol. The molecule has 0 fully saturated rings. The topological polar surface area (TPSA) is 25.2 Å². The summed E-state index contributed by atoms with van der Waals surface area (Å²) in [4.78, 5) is 0. The second kappa shape index (κ2) is 6.94. The predicted molar refractivity (Wildman–Crippen MR) is 86.0 cm³/mol. The fourth-order valence-electron chi connectivity index (χ4n) is 2.38. The number of hydrogen-bond acceptors (Lipinski definition) is 2. The lowest BCUT2D eigenvalue weighted by atomic mass is 10.0. The highest BCUT2D eigenvalue weighted by Gasteiger charge is 2.15. The number of hydrogen-bond donors (Lipinski definition) is 1. The van der Waals surface area contributed by atoms with Crippen molar-refractivity contribution in [3.05, 3.63) is 35.6 Å². The molecule has 2 nitrogen and oxygen atoms in total. The summed E-state index contributed by atoms with van der Waals surface area (Å²) in [6.45, 7) is 9.88. The van der Waals surface area contributed by atoms with Crippen LogP contribution in [0.5, 0.6) is 0 Å². The van der Waals surface area contributed by atoms with Gasteiger partial charge in [-0.2, -0.15) is 0 Å². The number of unbranched alkanes of at least 4 members (excludes halogenated alkanes) is 1. The number of fused-ring (bicyclic) bond motifs is 1. The van der Waals surface area contributed by atoms with Gasteiger partial charge in [-0.15, -0.1) is 0 Å². The van der Waals surface area contributed by atoms with E-state index in [1.165, 1.54) is 23.8 Å². The van der Waals surface area contributed by atoms with E-state index in [0.717, 1.165) is 24.3 Å². The van der Waals surface area contributed by atoms with Crippen LogP contribution >= 0.6 is 0 Å². The highest BCUT2D eigenvalue weighted by atomic mass is 16.3. The largest absolute Gasteiger partial charge is 0.461 e. The summed E-state index contributed by atoms with van der Waals surface area (Å²) in [7, 11) is 0. The summed E-state index contributed by atoms with van der Waals surface area (Å²) < 4.78 is 6.05. The molecule has 1 N–H and O–H groups in total. The maximum absolute atomic E-state index is 6.05. The van der Waals surface area contributed by atoms with Gasteiger partial charge in [0.1, 0.15) is 11.3 Å². The number of benzene rings is 1. The van der Waals surface area contributed by atoms with Crippen LogP contribution in [0.25, 0.3) is 11.0 Å². The molecule has 0 amide bonds. The fourth-order valence-corrected chi connectivity index (χ4v) is 2.38. The van der Waals surface area contributed by atoms with E-state index in [2.05, 4.69) is 51.2 Å². The van der Waals surface area contributed by atoms with Gasteiger partial charge in [-0.1, -0.05) is 45.4 Å². The van der Waals surface area contributed by atoms with E-state index >= 15 is 0 Å². The summed E-state index contributed by atoms with van der Waals surface area (Å²) >= 11 is 0. The van der Waals surface area contributed by atoms with Gasteiger partial charge in [0, 0.05) is 30.0 Å². The van der Waals surface area contributed by atoms with Crippen molar-refractivity contribution in [3.63, 3.8) is 0 Å². The molecule has 0 bridgehead atoms. The Hall–Kier alpha value is -1.28. The third-order valence-electron chi connectivity index (χ3n) is 4.14. The average molecular weight is 273 g/mol. The Morgan fingerprint density at radius 3 is 2.60 bits per heavy atom. The third-order valence-corrected chi connectivity index (χ3v) is 4.14. The lowest BCUT2D eigenvalue weighted by Gasteiger charge is -2.17. The number of rotatable bonds is 7. The van der Waals surface area contributed by atoms with E-state index in [9.17, 15) is 0 Å². The van der Waals surface area contributed by atoms with Crippen molar-refractivity contribution in [2.75, 3.05) is 0 Å². The van der Waals surface area contributed by atoms with Crippen LogP contribution in [0.2, 0.25) is 0 Å². The zero-order valence-corrected chi connectivity index (χ0v) is 13.2. The number of para-hydroxylation sites is 1. The number of nitrogens with one attached hydrogen (secondary N) is 1. The fraction of sp³-hybridized carbons (Fsp3) is 0.556. The Bertz CT molecular complexity index is 541. The first-order valence-corrected chi connectivity index (χ1v) is 7.86. The molecular weight excluding hydrogens is 246 g/mol. The molecule has 0 aliphatic heterocycles. The highest BCUT2D eigenvalue weighted by Crippen LogP contribution is 2.27. The van der Waals surface area contributed by atoms with Gasteiger partial charge >= 0.3 is 0 Å². The zero-order chi connectivity index (χ0) is 14.5. The van der Waals surface area contributed by atoms with E-state index in [-0.39, 0.29) is 0 Å². The van der Waals surface area contributed by atoms with Crippen molar-refractivity contribution in [2.45, 2.75) is 59.5 Å². The van der Waals surface area contributed by atoms with Crippen LogP contribution in [-0.4, -0.2) is 6.04 Å². The van der Waals surface area contributed by atoms with Gasteiger partial charge < -0.3 is 9.73 Å². The van der Waals surface area contributed by atoms with Crippen molar-refractivity contribution in [2.24, 2.45) is 5.92 Å². The maximum Gasteiger partial charge on any atom is 0.134 e. The molecule has 2 heteroatoms. The Kier molecular flexibility index (Phi) is 5.24. The molecule has 0 spiro atoms. The summed E-state index contributed by atoms with van der Waals surface area (Å²) in [5, 5.41) is 4.90. The van der Waals surface area contributed by atoms with Crippen LogP contribution in [0.15, 0.2) is 28.7 Å². The van der Waals surface area contributed by atoms with Gasteiger partial charge in [0.2, 0.25) is 0 Å².